The lowest BCUT2D eigenvalue weighted by atomic mass is 9.47. The van der Waals surface area contributed by atoms with Crippen LogP contribution < -0.4 is 5.73 Å². The molecule has 0 unspecified atom stereocenters. The van der Waals surface area contributed by atoms with E-state index < -0.39 is 12.0 Å². The number of nitrogens with two attached hydrogens (primary N) is 1. The number of rotatable bonds is 10. The molecule has 4 aliphatic carbocycles. The summed E-state index contributed by atoms with van der Waals surface area (Å²) in [5, 5.41) is 8.95. The first-order valence-corrected chi connectivity index (χ1v) is 15.3. The molecule has 0 aromatic rings. The fourth-order valence-electron chi connectivity index (χ4n) is 9.39. The molecule has 3 saturated carbocycles. The highest BCUT2D eigenvalue weighted by Crippen LogP contribution is 2.67. The second kappa shape index (κ2) is 11.4. The third-order valence-corrected chi connectivity index (χ3v) is 11.5. The van der Waals surface area contributed by atoms with Gasteiger partial charge in [0.05, 0.1) is 0 Å². The van der Waals surface area contributed by atoms with E-state index >= 15 is 0 Å². The zero-order valence-corrected chi connectivity index (χ0v) is 24.1. The molecule has 0 bridgehead atoms. The minimum absolute atomic E-state index is 0.0717. The summed E-state index contributed by atoms with van der Waals surface area (Å²) in [6, 6.07) is -1.00. The monoisotopic (exact) mass is 515 g/mol. The summed E-state index contributed by atoms with van der Waals surface area (Å²) >= 11 is 0. The average molecular weight is 516 g/mol. The van der Waals surface area contributed by atoms with Gasteiger partial charge >= 0.3 is 11.9 Å². The molecule has 0 aromatic heterocycles. The Kier molecular flexibility index (Phi) is 8.83. The van der Waals surface area contributed by atoms with E-state index in [1.807, 2.05) is 0 Å². The van der Waals surface area contributed by atoms with E-state index in [1.54, 1.807) is 0 Å². The van der Waals surface area contributed by atoms with Crippen molar-refractivity contribution < 1.29 is 19.4 Å². The molecule has 4 aliphatic rings. The number of ether oxygens (including phenoxy) is 1. The van der Waals surface area contributed by atoms with Gasteiger partial charge in [-0.05, 0) is 97.7 Å². The average Bonchev–Trinajstić information content (AvgIpc) is 3.19. The Bertz CT molecular complexity index is 867. The lowest BCUT2D eigenvalue weighted by Gasteiger charge is -2.58. The Morgan fingerprint density at radius 2 is 1.81 bits per heavy atom. The van der Waals surface area contributed by atoms with Crippen molar-refractivity contribution in [3.63, 3.8) is 0 Å². The van der Waals surface area contributed by atoms with Crippen molar-refractivity contribution in [2.75, 3.05) is 0 Å². The van der Waals surface area contributed by atoms with Crippen molar-refractivity contribution in [2.45, 2.75) is 130 Å². The maximum Gasteiger partial charge on any atom is 0.320 e. The van der Waals surface area contributed by atoms with Gasteiger partial charge in [0.1, 0.15) is 12.1 Å². The van der Waals surface area contributed by atoms with Gasteiger partial charge in [0, 0.05) is 12.8 Å². The third-order valence-electron chi connectivity index (χ3n) is 11.5. The first kappa shape index (κ1) is 28.6. The second-order valence-electron chi connectivity index (χ2n) is 14.1. The van der Waals surface area contributed by atoms with Crippen LogP contribution in [-0.2, 0) is 14.3 Å². The van der Waals surface area contributed by atoms with E-state index in [9.17, 15) is 9.59 Å². The smallest absolute Gasteiger partial charge is 0.320 e. The number of carbonyl (C=O) groups excluding carboxylic acids is 1. The molecule has 0 amide bonds. The molecule has 5 nitrogen and oxygen atoms in total. The molecule has 0 spiro atoms. The van der Waals surface area contributed by atoms with E-state index in [-0.39, 0.29) is 30.3 Å². The Labute approximate surface area is 225 Å². The summed E-state index contributed by atoms with van der Waals surface area (Å²) in [6.07, 6.45) is 16.4. The number of carboxylic acid groups (broad SMARTS) is 1. The summed E-state index contributed by atoms with van der Waals surface area (Å²) in [4.78, 5) is 23.3. The van der Waals surface area contributed by atoms with Crippen LogP contribution >= 0.6 is 0 Å². The molecule has 3 fully saturated rings. The zero-order chi connectivity index (χ0) is 27.0. The van der Waals surface area contributed by atoms with Gasteiger partial charge in [-0.3, -0.25) is 9.59 Å². The maximum absolute atomic E-state index is 12.4. The van der Waals surface area contributed by atoms with Crippen LogP contribution in [0.1, 0.15) is 118 Å². The molecule has 3 N–H and O–H groups in total. The molecule has 37 heavy (non-hydrogen) atoms. The second-order valence-corrected chi connectivity index (χ2v) is 14.1. The van der Waals surface area contributed by atoms with Crippen LogP contribution in [-0.4, -0.2) is 29.2 Å². The number of hydrogen-bond acceptors (Lipinski definition) is 4. The van der Waals surface area contributed by atoms with E-state index in [2.05, 4.69) is 40.7 Å². The molecule has 4 rings (SSSR count). The predicted octanol–water partition coefficient (Wildman–Crippen LogP) is 7.13. The molecular weight excluding hydrogens is 462 g/mol. The summed E-state index contributed by atoms with van der Waals surface area (Å²) in [5.41, 5.74) is 7.81. The van der Waals surface area contributed by atoms with Crippen LogP contribution in [0.25, 0.3) is 0 Å². The Morgan fingerprint density at radius 1 is 1.05 bits per heavy atom. The van der Waals surface area contributed by atoms with Gasteiger partial charge in [0.2, 0.25) is 0 Å². The number of esters is 1. The van der Waals surface area contributed by atoms with Gasteiger partial charge in [-0.25, -0.2) is 0 Å². The molecule has 0 saturated heterocycles. The number of aliphatic carboxylic acids is 1. The van der Waals surface area contributed by atoms with Crippen LogP contribution in [0, 0.1) is 46.3 Å². The fourth-order valence-corrected chi connectivity index (χ4v) is 9.39. The minimum atomic E-state index is -1.07. The normalized spacial score (nSPS) is 38.7. The zero-order valence-electron chi connectivity index (χ0n) is 24.1. The summed E-state index contributed by atoms with van der Waals surface area (Å²) in [7, 11) is 0. The maximum atomic E-state index is 12.4. The van der Waals surface area contributed by atoms with Crippen LogP contribution in [0.3, 0.4) is 0 Å². The summed E-state index contributed by atoms with van der Waals surface area (Å²) in [5.74, 6) is 3.56. The van der Waals surface area contributed by atoms with E-state index in [1.165, 1.54) is 56.9 Å². The molecule has 0 heterocycles. The SMILES string of the molecule is CC(C)CCC[C@@H](C)[C@H]1CC[C@H]2[C@@H]3CC=C4C[C@@H](OC(=O)CC[C@H](N)C(=O)O)CC[C@]4(C)[C@H]3CC[C@]12C. The molecule has 0 radical (unpaired) electrons. The number of allylic oxidation sites excluding steroid dienone is 1. The van der Waals surface area contributed by atoms with E-state index in [0.717, 1.165) is 54.8 Å². The van der Waals surface area contributed by atoms with Crippen LogP contribution in [0.5, 0.6) is 0 Å². The number of hydrogen-bond donors (Lipinski definition) is 2. The van der Waals surface area contributed by atoms with Crippen molar-refractivity contribution in [1.29, 1.82) is 0 Å². The molecule has 0 aliphatic heterocycles. The van der Waals surface area contributed by atoms with Crippen LogP contribution in [0.15, 0.2) is 11.6 Å². The van der Waals surface area contributed by atoms with Crippen molar-refractivity contribution >= 4 is 11.9 Å². The van der Waals surface area contributed by atoms with E-state index in [4.69, 9.17) is 15.6 Å². The molecule has 5 heteroatoms. The first-order chi connectivity index (χ1) is 17.5. The fraction of sp³-hybridized carbons (Fsp3) is 0.875. The number of carboxylic acids is 1. The lowest BCUT2D eigenvalue weighted by molar-refractivity contribution is -0.152. The third kappa shape index (κ3) is 5.82. The highest BCUT2D eigenvalue weighted by atomic mass is 16.5. The quantitative estimate of drug-likeness (QED) is 0.238. The minimum Gasteiger partial charge on any atom is -0.480 e. The standard InChI is InChI=1S/C32H53NO4/c1-20(2)7-6-8-21(3)25-11-12-26-24-10-9-22-19-23(37-29(34)14-13-28(33)30(35)36)15-17-31(22,4)27(24)16-18-32(25,26)5/h9,20-21,23-28H,6-8,10-19,33H2,1-5H3,(H,35,36)/t21-,23+,24+,25-,26+,27+,28+,31+,32-/m1/s1. The predicted molar refractivity (Wildman–Crippen MR) is 148 cm³/mol. The summed E-state index contributed by atoms with van der Waals surface area (Å²) in [6.45, 7) is 12.4. The van der Waals surface area contributed by atoms with Crippen LogP contribution in [0.2, 0.25) is 0 Å². The van der Waals surface area contributed by atoms with Gasteiger partial charge in [0.15, 0.2) is 0 Å². The lowest BCUT2D eigenvalue weighted by Crippen LogP contribution is -2.51. The Balaban J connectivity index is 1.37. The van der Waals surface area contributed by atoms with Crippen molar-refractivity contribution in [3.8, 4) is 0 Å². The van der Waals surface area contributed by atoms with Gasteiger partial charge in [-0.1, -0.05) is 65.5 Å². The van der Waals surface area contributed by atoms with Crippen molar-refractivity contribution in [2.24, 2.45) is 52.1 Å². The topological polar surface area (TPSA) is 89.6 Å². The Hall–Kier alpha value is -1.36. The molecular formula is C32H53NO4. The summed E-state index contributed by atoms with van der Waals surface area (Å²) < 4.78 is 5.80. The number of fused-ring (bicyclic) bond motifs is 5. The van der Waals surface area contributed by atoms with Crippen molar-refractivity contribution in [1.82, 2.24) is 0 Å². The van der Waals surface area contributed by atoms with Crippen LogP contribution in [0.4, 0.5) is 0 Å². The molecule has 0 aromatic carbocycles. The van der Waals surface area contributed by atoms with Gasteiger partial charge in [-0.15, -0.1) is 0 Å². The highest BCUT2D eigenvalue weighted by molar-refractivity contribution is 5.75. The van der Waals surface area contributed by atoms with Gasteiger partial charge in [-0.2, -0.15) is 0 Å². The van der Waals surface area contributed by atoms with E-state index in [0.29, 0.717) is 5.41 Å². The molecule has 9 atom stereocenters. The Morgan fingerprint density at radius 3 is 2.51 bits per heavy atom. The molecule has 210 valence electrons. The van der Waals surface area contributed by atoms with Gasteiger partial charge < -0.3 is 15.6 Å². The van der Waals surface area contributed by atoms with Gasteiger partial charge in [0.25, 0.3) is 0 Å². The first-order valence-electron chi connectivity index (χ1n) is 15.3. The largest absolute Gasteiger partial charge is 0.480 e. The highest BCUT2D eigenvalue weighted by Gasteiger charge is 2.59. The number of carbonyl (C=O) groups is 2. The van der Waals surface area contributed by atoms with Crippen molar-refractivity contribution in [3.05, 3.63) is 11.6 Å².